The molecule has 2 N–H and O–H groups in total. The van der Waals surface area contributed by atoms with E-state index < -0.39 is 0 Å². The number of nitrogen functional groups attached to an aromatic ring is 1. The van der Waals surface area contributed by atoms with E-state index in [0.717, 1.165) is 50.9 Å². The molecule has 31 heavy (non-hydrogen) atoms. The molecule has 0 saturated carbocycles. The minimum atomic E-state index is -0.385. The molecular formula is C24H24FN5O. The van der Waals surface area contributed by atoms with Crippen LogP contribution >= 0.6 is 0 Å². The van der Waals surface area contributed by atoms with Crippen molar-refractivity contribution in [1.82, 2.24) is 19.3 Å². The number of aromatic nitrogens is 3. The number of carbonyl (C=O) groups is 1. The third kappa shape index (κ3) is 3.88. The zero-order chi connectivity index (χ0) is 21.4. The Kier molecular flexibility index (Phi) is 5.11. The van der Waals surface area contributed by atoms with Crippen molar-refractivity contribution in [3.8, 4) is 0 Å². The topological polar surface area (TPSA) is 76.5 Å². The number of hydrogen-bond acceptors (Lipinski definition) is 5. The van der Waals surface area contributed by atoms with Crippen molar-refractivity contribution in [3.63, 3.8) is 0 Å². The number of anilines is 1. The molecule has 7 heteroatoms. The van der Waals surface area contributed by atoms with Crippen LogP contribution in [0.25, 0.3) is 16.6 Å². The fourth-order valence-electron chi connectivity index (χ4n) is 4.47. The average molecular weight is 417 g/mol. The van der Waals surface area contributed by atoms with Gasteiger partial charge in [-0.15, -0.1) is 0 Å². The van der Waals surface area contributed by atoms with Crippen LogP contribution in [0.2, 0.25) is 0 Å². The lowest BCUT2D eigenvalue weighted by molar-refractivity contribution is 0.112. The van der Waals surface area contributed by atoms with E-state index in [1.54, 1.807) is 10.5 Å². The highest BCUT2D eigenvalue weighted by atomic mass is 19.1. The molecular weight excluding hydrogens is 393 g/mol. The van der Waals surface area contributed by atoms with E-state index in [0.29, 0.717) is 22.5 Å². The zero-order valence-corrected chi connectivity index (χ0v) is 17.2. The van der Waals surface area contributed by atoms with Crippen molar-refractivity contribution in [3.05, 3.63) is 71.3 Å². The van der Waals surface area contributed by atoms with Crippen molar-refractivity contribution in [2.24, 2.45) is 5.92 Å². The lowest BCUT2D eigenvalue weighted by Crippen LogP contribution is -2.33. The highest BCUT2D eigenvalue weighted by Crippen LogP contribution is 2.26. The highest BCUT2D eigenvalue weighted by molar-refractivity contribution is 5.92. The Morgan fingerprint density at radius 1 is 1.10 bits per heavy atom. The first-order valence-electron chi connectivity index (χ1n) is 10.6. The molecule has 0 radical (unpaired) electrons. The Balaban J connectivity index is 1.27. The molecule has 3 heterocycles. The third-order valence-electron chi connectivity index (χ3n) is 6.18. The molecule has 2 aromatic carbocycles. The molecule has 0 spiro atoms. The molecule has 0 amide bonds. The molecule has 1 saturated heterocycles. The summed E-state index contributed by atoms with van der Waals surface area (Å²) in [4.78, 5) is 22.3. The summed E-state index contributed by atoms with van der Waals surface area (Å²) in [6.45, 7) is 2.97. The molecule has 4 aromatic rings. The summed E-state index contributed by atoms with van der Waals surface area (Å²) >= 11 is 0. The number of carbonyl (C=O) groups excluding carboxylic acids is 1. The number of nitrogens with zero attached hydrogens (tertiary/aromatic N) is 4. The van der Waals surface area contributed by atoms with Gasteiger partial charge in [0.05, 0.1) is 5.69 Å². The number of benzene rings is 2. The second-order valence-electron chi connectivity index (χ2n) is 8.31. The number of hydrogen-bond donors (Lipinski definition) is 1. The number of nitrogens with two attached hydrogens (primary N) is 1. The summed E-state index contributed by atoms with van der Waals surface area (Å²) in [5.74, 6) is 0.418. The number of rotatable bonds is 5. The predicted molar refractivity (Wildman–Crippen MR) is 118 cm³/mol. The van der Waals surface area contributed by atoms with Crippen molar-refractivity contribution in [1.29, 1.82) is 0 Å². The molecule has 2 aromatic heterocycles. The smallest absolute Gasteiger partial charge is 0.206 e. The Morgan fingerprint density at radius 3 is 2.61 bits per heavy atom. The van der Waals surface area contributed by atoms with E-state index in [2.05, 4.69) is 9.88 Å². The minimum Gasteiger partial charge on any atom is -0.369 e. The van der Waals surface area contributed by atoms with Crippen molar-refractivity contribution in [2.45, 2.75) is 25.8 Å². The molecule has 1 aliphatic rings. The number of halogens is 1. The minimum absolute atomic E-state index is 0.252. The van der Waals surface area contributed by atoms with Crippen LogP contribution in [0.15, 0.2) is 48.7 Å². The van der Waals surface area contributed by atoms with Gasteiger partial charge in [-0.3, -0.25) is 14.1 Å². The van der Waals surface area contributed by atoms with Crippen LogP contribution in [-0.2, 0) is 13.0 Å². The molecule has 0 atom stereocenters. The Labute approximate surface area is 179 Å². The summed E-state index contributed by atoms with van der Waals surface area (Å²) in [6.07, 6.45) is 5.88. The van der Waals surface area contributed by atoms with Crippen molar-refractivity contribution in [2.75, 3.05) is 18.8 Å². The van der Waals surface area contributed by atoms with E-state index in [4.69, 9.17) is 10.7 Å². The first kappa shape index (κ1) is 19.6. The first-order valence-corrected chi connectivity index (χ1v) is 10.6. The van der Waals surface area contributed by atoms with Crippen LogP contribution in [0.3, 0.4) is 0 Å². The highest BCUT2D eigenvalue weighted by Gasteiger charge is 2.21. The van der Waals surface area contributed by atoms with Gasteiger partial charge in [0.2, 0.25) is 5.95 Å². The number of para-hydroxylation sites is 1. The van der Waals surface area contributed by atoms with E-state index in [-0.39, 0.29) is 17.3 Å². The fourth-order valence-corrected chi connectivity index (χ4v) is 4.47. The number of fused-ring (bicyclic) bond motifs is 3. The summed E-state index contributed by atoms with van der Waals surface area (Å²) in [7, 11) is 0. The molecule has 0 bridgehead atoms. The molecule has 1 aliphatic heterocycles. The lowest BCUT2D eigenvalue weighted by Gasteiger charge is -2.31. The van der Waals surface area contributed by atoms with Gasteiger partial charge in [-0.1, -0.05) is 30.3 Å². The Morgan fingerprint density at radius 2 is 1.87 bits per heavy atom. The maximum atomic E-state index is 14.1. The van der Waals surface area contributed by atoms with E-state index in [1.807, 2.05) is 36.5 Å². The third-order valence-corrected chi connectivity index (χ3v) is 6.18. The van der Waals surface area contributed by atoms with E-state index in [1.165, 1.54) is 11.6 Å². The summed E-state index contributed by atoms with van der Waals surface area (Å²) in [5.41, 5.74) is 9.89. The Bertz CT molecular complexity index is 1240. The standard InChI is InChI=1S/C24H24FN5O/c25-21-3-1-2-20-22(21)28-24(26)30-14-19(27-23(20)30)12-16-8-10-29(11-9-16)13-17-4-6-18(15-31)7-5-17/h1-7,14-16H,8-13H2,(H2,26,28). The first-order chi connectivity index (χ1) is 15.1. The van der Waals surface area contributed by atoms with Gasteiger partial charge < -0.3 is 5.73 Å². The second-order valence-corrected chi connectivity index (χ2v) is 8.31. The maximum Gasteiger partial charge on any atom is 0.206 e. The SMILES string of the molecule is Nc1nc2c(F)cccc2c2nc(CC3CCN(Cc4ccc(C=O)cc4)CC3)cn12. The molecule has 0 aliphatic carbocycles. The largest absolute Gasteiger partial charge is 0.369 e. The van der Waals surface area contributed by atoms with Crippen LogP contribution in [-0.4, -0.2) is 38.6 Å². The summed E-state index contributed by atoms with van der Waals surface area (Å²) < 4.78 is 15.9. The molecule has 5 rings (SSSR count). The number of imidazole rings is 1. The van der Waals surface area contributed by atoms with Gasteiger partial charge >= 0.3 is 0 Å². The van der Waals surface area contributed by atoms with Gasteiger partial charge in [-0.25, -0.2) is 14.4 Å². The molecule has 6 nitrogen and oxygen atoms in total. The van der Waals surface area contributed by atoms with E-state index >= 15 is 0 Å². The van der Waals surface area contributed by atoms with Gasteiger partial charge in [0.1, 0.15) is 23.3 Å². The van der Waals surface area contributed by atoms with Crippen molar-refractivity contribution >= 4 is 28.8 Å². The number of piperidine rings is 1. The fraction of sp³-hybridized carbons (Fsp3) is 0.292. The molecule has 1 fully saturated rings. The van der Waals surface area contributed by atoms with Gasteiger partial charge in [-0.05, 0) is 56.0 Å². The Hall–Kier alpha value is -3.32. The van der Waals surface area contributed by atoms with Crippen LogP contribution in [0.4, 0.5) is 10.3 Å². The zero-order valence-electron chi connectivity index (χ0n) is 17.2. The molecule has 0 unspecified atom stereocenters. The lowest BCUT2D eigenvalue weighted by atomic mass is 9.92. The number of aldehydes is 1. The monoisotopic (exact) mass is 417 g/mol. The summed E-state index contributed by atoms with van der Waals surface area (Å²) in [6, 6.07) is 12.7. The quantitative estimate of drug-likeness (QED) is 0.499. The normalized spacial score (nSPS) is 15.6. The van der Waals surface area contributed by atoms with Crippen LogP contribution in [0.1, 0.15) is 34.5 Å². The summed E-state index contributed by atoms with van der Waals surface area (Å²) in [5, 5.41) is 0.677. The molecule has 158 valence electrons. The van der Waals surface area contributed by atoms with Gasteiger partial charge in [0.15, 0.2) is 0 Å². The van der Waals surface area contributed by atoms with Crippen LogP contribution in [0.5, 0.6) is 0 Å². The van der Waals surface area contributed by atoms with E-state index in [9.17, 15) is 9.18 Å². The average Bonchev–Trinajstić information content (AvgIpc) is 3.21. The predicted octanol–water partition coefficient (Wildman–Crippen LogP) is 3.87. The van der Waals surface area contributed by atoms with Gasteiger partial charge in [-0.2, -0.15) is 0 Å². The second kappa shape index (κ2) is 8.07. The van der Waals surface area contributed by atoms with Gasteiger partial charge in [0, 0.05) is 23.7 Å². The van der Waals surface area contributed by atoms with Crippen LogP contribution in [0, 0.1) is 11.7 Å². The van der Waals surface area contributed by atoms with Crippen molar-refractivity contribution < 1.29 is 9.18 Å². The van der Waals surface area contributed by atoms with Gasteiger partial charge in [0.25, 0.3) is 0 Å². The van der Waals surface area contributed by atoms with Crippen LogP contribution < -0.4 is 5.73 Å². The maximum absolute atomic E-state index is 14.1. The number of likely N-dealkylation sites (tertiary alicyclic amines) is 1.